The monoisotopic (exact) mass is 277 g/mol. The fourth-order valence-electron chi connectivity index (χ4n) is 2.31. The zero-order valence-electron chi connectivity index (χ0n) is 11.5. The molecule has 3 heterocycles. The van der Waals surface area contributed by atoms with Crippen LogP contribution >= 0.6 is 11.8 Å². The number of anilines is 1. The second-order valence-electron chi connectivity index (χ2n) is 4.64. The third-order valence-corrected chi connectivity index (χ3v) is 4.33. The second kappa shape index (κ2) is 5.36. The minimum Gasteiger partial charge on any atom is -0.355 e. The summed E-state index contributed by atoms with van der Waals surface area (Å²) in [6.45, 7) is 6.35. The van der Waals surface area contributed by atoms with Crippen molar-refractivity contribution in [2.24, 2.45) is 0 Å². The summed E-state index contributed by atoms with van der Waals surface area (Å²) in [7, 11) is 0. The van der Waals surface area contributed by atoms with Crippen LogP contribution in [0.1, 0.15) is 25.5 Å². The predicted octanol–water partition coefficient (Wildman–Crippen LogP) is 1.80. The van der Waals surface area contributed by atoms with Gasteiger partial charge >= 0.3 is 0 Å². The van der Waals surface area contributed by atoms with Crippen molar-refractivity contribution in [1.29, 1.82) is 0 Å². The molecule has 19 heavy (non-hydrogen) atoms. The van der Waals surface area contributed by atoms with Crippen molar-refractivity contribution in [3.05, 3.63) is 17.7 Å². The molecule has 1 aliphatic rings. The average Bonchev–Trinajstić information content (AvgIpc) is 2.90. The van der Waals surface area contributed by atoms with E-state index in [2.05, 4.69) is 34.9 Å². The van der Waals surface area contributed by atoms with Crippen LogP contribution in [0.5, 0.6) is 0 Å². The third-order valence-electron chi connectivity index (χ3n) is 3.39. The summed E-state index contributed by atoms with van der Waals surface area (Å²) in [6.07, 6.45) is 1.74. The Kier molecular flexibility index (Phi) is 3.59. The van der Waals surface area contributed by atoms with E-state index in [9.17, 15) is 0 Å². The van der Waals surface area contributed by atoms with Crippen molar-refractivity contribution in [2.75, 3.05) is 29.5 Å². The Morgan fingerprint density at radius 2 is 1.95 bits per heavy atom. The standard InChI is InChI=1S/C13H19N5S/c1-3-10-14-13-9-12(17-5-7-19-8-6-17)15-11(4-2)18(13)16-10/h9H,3-8H2,1-2H3. The molecule has 0 saturated carbocycles. The molecule has 1 fully saturated rings. The van der Waals surface area contributed by atoms with Crippen LogP contribution in [-0.4, -0.2) is 44.2 Å². The molecule has 1 saturated heterocycles. The molecule has 0 aliphatic carbocycles. The molecular formula is C13H19N5S. The van der Waals surface area contributed by atoms with Crippen LogP contribution < -0.4 is 4.90 Å². The molecule has 0 atom stereocenters. The average molecular weight is 277 g/mol. The summed E-state index contributed by atoms with van der Waals surface area (Å²) in [5.41, 5.74) is 0.928. The van der Waals surface area contributed by atoms with Crippen LogP contribution in [0.3, 0.4) is 0 Å². The van der Waals surface area contributed by atoms with Gasteiger partial charge < -0.3 is 4.90 Å². The van der Waals surface area contributed by atoms with E-state index in [1.54, 1.807) is 0 Å². The summed E-state index contributed by atoms with van der Waals surface area (Å²) in [5.74, 6) is 5.31. The van der Waals surface area contributed by atoms with Gasteiger partial charge in [0.05, 0.1) is 0 Å². The molecule has 0 unspecified atom stereocenters. The number of thioether (sulfide) groups is 1. The molecule has 0 spiro atoms. The number of aryl methyl sites for hydroxylation is 2. The molecular weight excluding hydrogens is 258 g/mol. The zero-order valence-corrected chi connectivity index (χ0v) is 12.3. The molecule has 2 aromatic heterocycles. The molecule has 2 aromatic rings. The zero-order chi connectivity index (χ0) is 13.2. The Hall–Kier alpha value is -1.30. The van der Waals surface area contributed by atoms with Crippen LogP contribution in [-0.2, 0) is 12.8 Å². The Morgan fingerprint density at radius 1 is 1.16 bits per heavy atom. The fraction of sp³-hybridized carbons (Fsp3) is 0.615. The third kappa shape index (κ3) is 2.41. The number of hydrogen-bond donors (Lipinski definition) is 0. The number of rotatable bonds is 3. The normalized spacial score (nSPS) is 16.2. The highest BCUT2D eigenvalue weighted by molar-refractivity contribution is 7.99. The predicted molar refractivity (Wildman–Crippen MR) is 79.1 cm³/mol. The lowest BCUT2D eigenvalue weighted by molar-refractivity contribution is 0.768. The minimum absolute atomic E-state index is 0.862. The summed E-state index contributed by atoms with van der Waals surface area (Å²) in [6, 6.07) is 2.07. The Balaban J connectivity index is 2.05. The van der Waals surface area contributed by atoms with E-state index in [-0.39, 0.29) is 0 Å². The first kappa shape index (κ1) is 12.7. The van der Waals surface area contributed by atoms with E-state index in [4.69, 9.17) is 4.98 Å². The van der Waals surface area contributed by atoms with Gasteiger partial charge in [-0.25, -0.2) is 9.97 Å². The van der Waals surface area contributed by atoms with Gasteiger partial charge in [-0.15, -0.1) is 5.10 Å². The van der Waals surface area contributed by atoms with Crippen LogP contribution in [0.25, 0.3) is 5.65 Å². The highest BCUT2D eigenvalue weighted by atomic mass is 32.2. The molecule has 102 valence electrons. The maximum absolute atomic E-state index is 4.77. The molecule has 6 heteroatoms. The van der Waals surface area contributed by atoms with Gasteiger partial charge in [-0.1, -0.05) is 13.8 Å². The Labute approximate surface area is 117 Å². The molecule has 0 aromatic carbocycles. The van der Waals surface area contributed by atoms with E-state index in [0.29, 0.717) is 0 Å². The fourth-order valence-corrected chi connectivity index (χ4v) is 3.22. The summed E-state index contributed by atoms with van der Waals surface area (Å²) < 4.78 is 1.89. The topological polar surface area (TPSA) is 46.3 Å². The lowest BCUT2D eigenvalue weighted by Gasteiger charge is -2.27. The van der Waals surface area contributed by atoms with Crippen molar-refractivity contribution in [3.8, 4) is 0 Å². The van der Waals surface area contributed by atoms with Gasteiger partial charge in [0.2, 0.25) is 0 Å². The quantitative estimate of drug-likeness (QED) is 0.856. The second-order valence-corrected chi connectivity index (χ2v) is 5.86. The van der Waals surface area contributed by atoms with Gasteiger partial charge in [0.25, 0.3) is 0 Å². The van der Waals surface area contributed by atoms with Crippen LogP contribution in [0.15, 0.2) is 6.07 Å². The molecule has 0 N–H and O–H groups in total. The van der Waals surface area contributed by atoms with Gasteiger partial charge in [-0.3, -0.25) is 0 Å². The molecule has 0 radical (unpaired) electrons. The van der Waals surface area contributed by atoms with Crippen LogP contribution in [0.2, 0.25) is 0 Å². The highest BCUT2D eigenvalue weighted by Gasteiger charge is 2.16. The van der Waals surface area contributed by atoms with Gasteiger partial charge in [-0.05, 0) is 0 Å². The SMILES string of the molecule is CCc1nc2cc(N3CCSCC3)nc(CC)n2n1. The summed E-state index contributed by atoms with van der Waals surface area (Å²) in [4.78, 5) is 11.7. The van der Waals surface area contributed by atoms with Crippen molar-refractivity contribution >= 4 is 23.2 Å². The summed E-state index contributed by atoms with van der Waals surface area (Å²) in [5, 5.41) is 4.51. The van der Waals surface area contributed by atoms with E-state index in [0.717, 1.165) is 49.0 Å². The van der Waals surface area contributed by atoms with E-state index in [1.165, 1.54) is 11.5 Å². The van der Waals surface area contributed by atoms with Gasteiger partial charge in [0.1, 0.15) is 11.6 Å². The first-order valence-corrected chi connectivity index (χ1v) is 8.05. The Bertz CT molecular complexity index is 574. The molecule has 3 rings (SSSR count). The first-order valence-electron chi connectivity index (χ1n) is 6.90. The van der Waals surface area contributed by atoms with Gasteiger partial charge in [0.15, 0.2) is 11.5 Å². The highest BCUT2D eigenvalue weighted by Crippen LogP contribution is 2.19. The van der Waals surface area contributed by atoms with Crippen LogP contribution in [0, 0.1) is 0 Å². The van der Waals surface area contributed by atoms with E-state index < -0.39 is 0 Å². The maximum Gasteiger partial charge on any atom is 0.161 e. The van der Waals surface area contributed by atoms with Gasteiger partial charge in [0, 0.05) is 43.5 Å². The lowest BCUT2D eigenvalue weighted by Crippen LogP contribution is -2.33. The van der Waals surface area contributed by atoms with Gasteiger partial charge in [-0.2, -0.15) is 16.3 Å². The first-order chi connectivity index (χ1) is 9.31. The molecule has 5 nitrogen and oxygen atoms in total. The number of aromatic nitrogens is 4. The number of fused-ring (bicyclic) bond motifs is 1. The largest absolute Gasteiger partial charge is 0.355 e. The smallest absolute Gasteiger partial charge is 0.161 e. The number of hydrogen-bond acceptors (Lipinski definition) is 5. The Morgan fingerprint density at radius 3 is 2.63 bits per heavy atom. The van der Waals surface area contributed by atoms with Crippen molar-refractivity contribution in [2.45, 2.75) is 26.7 Å². The van der Waals surface area contributed by atoms with Crippen LogP contribution in [0.4, 0.5) is 5.82 Å². The lowest BCUT2D eigenvalue weighted by atomic mass is 10.4. The van der Waals surface area contributed by atoms with Crippen molar-refractivity contribution in [3.63, 3.8) is 0 Å². The van der Waals surface area contributed by atoms with E-state index in [1.807, 2.05) is 16.3 Å². The number of nitrogens with zero attached hydrogens (tertiary/aromatic N) is 5. The molecule has 0 bridgehead atoms. The molecule has 0 amide bonds. The minimum atomic E-state index is 0.862. The van der Waals surface area contributed by atoms with E-state index >= 15 is 0 Å². The summed E-state index contributed by atoms with van der Waals surface area (Å²) >= 11 is 2.01. The van der Waals surface area contributed by atoms with Crippen molar-refractivity contribution < 1.29 is 0 Å². The molecule has 1 aliphatic heterocycles. The van der Waals surface area contributed by atoms with Crippen molar-refractivity contribution in [1.82, 2.24) is 19.6 Å². The maximum atomic E-state index is 4.77.